The van der Waals surface area contributed by atoms with Crippen LogP contribution in [0.4, 0.5) is 0 Å². The number of para-hydroxylation sites is 1. The van der Waals surface area contributed by atoms with Gasteiger partial charge in [-0.2, -0.15) is 0 Å². The van der Waals surface area contributed by atoms with Gasteiger partial charge in [0.2, 0.25) is 0 Å². The molecule has 1 aromatic heterocycles. The summed E-state index contributed by atoms with van der Waals surface area (Å²) in [6.07, 6.45) is 5.25. The van der Waals surface area contributed by atoms with Crippen LogP contribution < -0.4 is 10.5 Å². The normalized spacial score (nSPS) is 14.5. The molecule has 5 nitrogen and oxygen atoms in total. The molecule has 2 unspecified atom stereocenters. The molecule has 0 aliphatic carbocycles. The fourth-order valence-corrected chi connectivity index (χ4v) is 2.18. The second-order valence-corrected chi connectivity index (χ2v) is 6.24. The first-order valence-electron chi connectivity index (χ1n) is 8.78. The molecule has 0 saturated carbocycles. The monoisotopic (exact) mass is 354 g/mol. The maximum Gasteiger partial charge on any atom is 0.159 e. The number of hydrogen-bond donors (Lipinski definition) is 2. The van der Waals surface area contributed by atoms with E-state index >= 15 is 0 Å². The van der Waals surface area contributed by atoms with Crippen molar-refractivity contribution in [2.45, 2.75) is 45.3 Å². The molecule has 0 aliphatic heterocycles. The molecule has 0 bridgehead atoms. The molecule has 138 valence electrons. The molecule has 2 aromatic rings. The topological polar surface area (TPSA) is 81.5 Å². The average molecular weight is 354 g/mol. The van der Waals surface area contributed by atoms with Gasteiger partial charge in [-0.3, -0.25) is 0 Å². The molecule has 1 heterocycles. The van der Waals surface area contributed by atoms with E-state index in [-0.39, 0.29) is 6.61 Å². The van der Waals surface area contributed by atoms with Crippen molar-refractivity contribution in [1.82, 2.24) is 5.16 Å². The minimum Gasteiger partial charge on any atom is -0.490 e. The fraction of sp³-hybridized carbons (Fsp3) is 0.381. The molecular formula is C21H26N2O3. The molecule has 2 rings (SSSR count). The number of hydrogen-bond acceptors (Lipinski definition) is 5. The summed E-state index contributed by atoms with van der Waals surface area (Å²) in [4.78, 5) is 0. The number of aryl methyl sites for hydroxylation is 1. The van der Waals surface area contributed by atoms with Crippen molar-refractivity contribution >= 4 is 12.2 Å². The van der Waals surface area contributed by atoms with Crippen molar-refractivity contribution < 1.29 is 14.4 Å². The van der Waals surface area contributed by atoms with Crippen LogP contribution in [0.25, 0.3) is 12.2 Å². The first kappa shape index (κ1) is 19.8. The summed E-state index contributed by atoms with van der Waals surface area (Å²) in [5.41, 5.74) is 6.48. The number of nitrogens with two attached hydrogens (primary N) is 1. The summed E-state index contributed by atoms with van der Waals surface area (Å²) < 4.78 is 11.1. The smallest absolute Gasteiger partial charge is 0.159 e. The maximum atomic E-state index is 10.5. The van der Waals surface area contributed by atoms with Gasteiger partial charge in [0, 0.05) is 18.1 Å². The Balaban J connectivity index is 2.08. The van der Waals surface area contributed by atoms with Crippen LogP contribution in [0.5, 0.6) is 5.75 Å². The van der Waals surface area contributed by atoms with Crippen LogP contribution in [0.1, 0.15) is 44.2 Å². The van der Waals surface area contributed by atoms with Gasteiger partial charge in [-0.25, -0.2) is 0 Å². The number of aliphatic hydroxyl groups is 1. The van der Waals surface area contributed by atoms with Crippen LogP contribution in [0.15, 0.2) is 34.9 Å². The van der Waals surface area contributed by atoms with E-state index in [2.05, 4.69) is 17.0 Å². The fourth-order valence-electron chi connectivity index (χ4n) is 2.18. The second kappa shape index (κ2) is 9.23. The van der Waals surface area contributed by atoms with Crippen molar-refractivity contribution in [2.75, 3.05) is 6.61 Å². The quantitative estimate of drug-likeness (QED) is 0.746. The SMILES string of the molecule is CCC#CC(N)C(C)(O)COc1ccccc1C=Cc1cc(CC)no1. The largest absolute Gasteiger partial charge is 0.490 e. The zero-order chi connectivity index (χ0) is 19.0. The third-order valence-corrected chi connectivity index (χ3v) is 3.91. The van der Waals surface area contributed by atoms with Gasteiger partial charge < -0.3 is 20.1 Å². The van der Waals surface area contributed by atoms with Gasteiger partial charge in [-0.15, -0.1) is 5.92 Å². The lowest BCUT2D eigenvalue weighted by Crippen LogP contribution is -2.49. The minimum atomic E-state index is -1.25. The lowest BCUT2D eigenvalue weighted by atomic mass is 9.98. The molecular weight excluding hydrogens is 328 g/mol. The van der Waals surface area contributed by atoms with E-state index < -0.39 is 11.6 Å². The highest BCUT2D eigenvalue weighted by Gasteiger charge is 2.29. The highest BCUT2D eigenvalue weighted by Crippen LogP contribution is 2.22. The van der Waals surface area contributed by atoms with Crippen molar-refractivity contribution in [1.29, 1.82) is 0 Å². The van der Waals surface area contributed by atoms with Gasteiger partial charge in [0.1, 0.15) is 18.0 Å². The van der Waals surface area contributed by atoms with E-state index in [0.717, 1.165) is 17.7 Å². The zero-order valence-corrected chi connectivity index (χ0v) is 15.5. The Morgan fingerprint density at radius 1 is 1.35 bits per heavy atom. The van der Waals surface area contributed by atoms with Gasteiger partial charge in [0.15, 0.2) is 5.76 Å². The van der Waals surface area contributed by atoms with Crippen LogP contribution in [-0.4, -0.2) is 28.5 Å². The van der Waals surface area contributed by atoms with E-state index in [1.807, 2.05) is 56.3 Å². The summed E-state index contributed by atoms with van der Waals surface area (Å²) >= 11 is 0. The van der Waals surface area contributed by atoms with E-state index in [0.29, 0.717) is 17.9 Å². The number of benzene rings is 1. The summed E-state index contributed by atoms with van der Waals surface area (Å²) in [7, 11) is 0. The van der Waals surface area contributed by atoms with Crippen molar-refractivity contribution in [2.24, 2.45) is 5.73 Å². The highest BCUT2D eigenvalue weighted by molar-refractivity contribution is 5.70. The van der Waals surface area contributed by atoms with E-state index in [4.69, 9.17) is 15.0 Å². The molecule has 0 aliphatic rings. The molecule has 3 N–H and O–H groups in total. The summed E-state index contributed by atoms with van der Waals surface area (Å²) in [5.74, 6) is 7.06. The summed E-state index contributed by atoms with van der Waals surface area (Å²) in [5, 5.41) is 14.5. The van der Waals surface area contributed by atoms with Crippen molar-refractivity contribution in [3.63, 3.8) is 0 Å². The van der Waals surface area contributed by atoms with Gasteiger partial charge in [0.05, 0.1) is 11.7 Å². The Hall–Kier alpha value is -2.55. The Morgan fingerprint density at radius 2 is 2.12 bits per heavy atom. The average Bonchev–Trinajstić information content (AvgIpc) is 3.11. The molecule has 5 heteroatoms. The Morgan fingerprint density at radius 3 is 2.81 bits per heavy atom. The van der Waals surface area contributed by atoms with Crippen LogP contribution in [0.3, 0.4) is 0 Å². The molecule has 0 saturated heterocycles. The van der Waals surface area contributed by atoms with Crippen molar-refractivity contribution in [3.05, 3.63) is 47.3 Å². The van der Waals surface area contributed by atoms with Crippen LogP contribution in [0, 0.1) is 11.8 Å². The predicted octanol–water partition coefficient (Wildman–Crippen LogP) is 3.28. The summed E-state index contributed by atoms with van der Waals surface area (Å²) in [6, 6.07) is 8.79. The van der Waals surface area contributed by atoms with E-state index in [1.165, 1.54) is 0 Å². The first-order chi connectivity index (χ1) is 12.5. The van der Waals surface area contributed by atoms with E-state index in [9.17, 15) is 5.11 Å². The molecule has 26 heavy (non-hydrogen) atoms. The predicted molar refractivity (Wildman–Crippen MR) is 103 cm³/mol. The standard InChI is InChI=1S/C21H26N2O3/c1-4-6-11-20(22)21(3,24)15-25-19-10-8-7-9-16(19)12-13-18-14-17(5-2)23-26-18/h7-10,12-14,20,24H,4-5,15,22H2,1-3H3. The zero-order valence-electron chi connectivity index (χ0n) is 15.5. The molecule has 0 amide bonds. The molecule has 0 spiro atoms. The highest BCUT2D eigenvalue weighted by atomic mass is 16.5. The third kappa shape index (κ3) is 5.48. The Labute approximate surface area is 154 Å². The Bertz CT molecular complexity index is 797. The number of aromatic nitrogens is 1. The van der Waals surface area contributed by atoms with Gasteiger partial charge in [-0.05, 0) is 31.6 Å². The van der Waals surface area contributed by atoms with Gasteiger partial charge >= 0.3 is 0 Å². The number of nitrogens with zero attached hydrogens (tertiary/aromatic N) is 1. The van der Waals surface area contributed by atoms with Crippen LogP contribution in [-0.2, 0) is 6.42 Å². The number of ether oxygens (including phenoxy) is 1. The second-order valence-electron chi connectivity index (χ2n) is 6.24. The molecule has 0 radical (unpaired) electrons. The molecule has 2 atom stereocenters. The van der Waals surface area contributed by atoms with Crippen LogP contribution >= 0.6 is 0 Å². The molecule has 1 aromatic carbocycles. The van der Waals surface area contributed by atoms with E-state index in [1.54, 1.807) is 6.92 Å². The van der Waals surface area contributed by atoms with Crippen LogP contribution in [0.2, 0.25) is 0 Å². The third-order valence-electron chi connectivity index (χ3n) is 3.91. The maximum absolute atomic E-state index is 10.5. The summed E-state index contributed by atoms with van der Waals surface area (Å²) in [6.45, 7) is 5.63. The molecule has 0 fully saturated rings. The first-order valence-corrected chi connectivity index (χ1v) is 8.78. The van der Waals surface area contributed by atoms with Crippen molar-refractivity contribution in [3.8, 4) is 17.6 Å². The van der Waals surface area contributed by atoms with Gasteiger partial charge in [-0.1, -0.05) is 43.1 Å². The number of rotatable bonds is 7. The Kier molecular flexibility index (Phi) is 7.02. The van der Waals surface area contributed by atoms with Gasteiger partial charge in [0.25, 0.3) is 0 Å². The lowest BCUT2D eigenvalue weighted by molar-refractivity contribution is 0.00356. The lowest BCUT2D eigenvalue weighted by Gasteiger charge is -2.27. The minimum absolute atomic E-state index is 0.0414.